The predicted octanol–water partition coefficient (Wildman–Crippen LogP) is -1.06. The Bertz CT molecular complexity index is 162. The van der Waals surface area contributed by atoms with Crippen LogP contribution in [-0.2, 0) is 16.1 Å². The molecule has 1 aliphatic heterocycles. The first-order chi connectivity index (χ1) is 4.63. The molecule has 0 bridgehead atoms. The minimum Gasteiger partial charge on any atom is -0.760 e. The van der Waals surface area contributed by atoms with Crippen molar-refractivity contribution in [2.45, 2.75) is 12.5 Å². The second-order valence-corrected chi connectivity index (χ2v) is 2.90. The molecule has 6 heteroatoms. The Morgan fingerprint density at radius 1 is 1.80 bits per heavy atom. The van der Waals surface area contributed by atoms with E-state index in [9.17, 15) is 13.6 Å². The van der Waals surface area contributed by atoms with Crippen molar-refractivity contribution in [1.29, 1.82) is 0 Å². The fourth-order valence-electron chi connectivity index (χ4n) is 0.789. The summed E-state index contributed by atoms with van der Waals surface area (Å²) in [7, 11) is 0. The van der Waals surface area contributed by atoms with Gasteiger partial charge in [-0.1, -0.05) is 0 Å². The summed E-state index contributed by atoms with van der Waals surface area (Å²) in [4.78, 5) is 10.2. The summed E-state index contributed by atoms with van der Waals surface area (Å²) < 4.78 is 21.2. The molecule has 0 aromatic heterocycles. The molecule has 1 N–H and O–H groups in total. The minimum atomic E-state index is -2.37. The molecule has 1 rings (SSSR count). The normalized spacial score (nSPS) is 29.1. The first-order valence-electron chi connectivity index (χ1n) is 2.71. The van der Waals surface area contributed by atoms with E-state index in [-0.39, 0.29) is 0 Å². The molecule has 0 aromatic carbocycles. The first-order valence-corrected chi connectivity index (χ1v) is 3.75. The second kappa shape index (κ2) is 2.65. The number of carboxylic acids is 1. The molecule has 0 aliphatic carbocycles. The molecule has 1 aliphatic rings. The van der Waals surface area contributed by atoms with Crippen LogP contribution in [-0.4, -0.2) is 36.7 Å². The molecule has 0 amide bonds. The molecule has 5 nitrogen and oxygen atoms in total. The molecule has 0 aromatic rings. The average molecular weight is 164 g/mol. The highest BCUT2D eigenvalue weighted by Gasteiger charge is 2.34. The van der Waals surface area contributed by atoms with Gasteiger partial charge in [0.1, 0.15) is 6.04 Å². The molecule has 2 atom stereocenters. The minimum absolute atomic E-state index is 0.326. The molecule has 0 spiro atoms. The van der Waals surface area contributed by atoms with Crippen molar-refractivity contribution >= 4 is 17.2 Å². The van der Waals surface area contributed by atoms with Crippen LogP contribution in [0.2, 0.25) is 0 Å². The standard InChI is InChI=1S/C4H7NO4S/c6-4(7)3-1-2-5(3)10(8)9/h3H,1-2H2,(H,6,7)(H,8,9)/p-1. The number of carboxylic acid groups (broad SMARTS) is 1. The second-order valence-electron chi connectivity index (χ2n) is 2.00. The Labute approximate surface area is 60.1 Å². The van der Waals surface area contributed by atoms with Gasteiger partial charge in [0, 0.05) is 17.8 Å². The fraction of sp³-hybridized carbons (Fsp3) is 0.750. The highest BCUT2D eigenvalue weighted by Crippen LogP contribution is 2.17. The summed E-state index contributed by atoms with van der Waals surface area (Å²) >= 11 is -2.37. The lowest BCUT2D eigenvalue weighted by atomic mass is 10.1. The van der Waals surface area contributed by atoms with Crippen LogP contribution in [0, 0.1) is 0 Å². The van der Waals surface area contributed by atoms with Crippen LogP contribution in [0.5, 0.6) is 0 Å². The lowest BCUT2D eigenvalue weighted by Crippen LogP contribution is -2.52. The Hall–Kier alpha value is -0.460. The van der Waals surface area contributed by atoms with E-state index >= 15 is 0 Å². The largest absolute Gasteiger partial charge is 0.760 e. The predicted molar refractivity (Wildman–Crippen MR) is 31.7 cm³/mol. The van der Waals surface area contributed by atoms with Gasteiger partial charge in [-0.3, -0.25) is 9.00 Å². The van der Waals surface area contributed by atoms with E-state index in [2.05, 4.69) is 0 Å². The van der Waals surface area contributed by atoms with Crippen molar-refractivity contribution in [2.75, 3.05) is 6.54 Å². The van der Waals surface area contributed by atoms with Crippen LogP contribution >= 0.6 is 0 Å². The number of hydrogen-bond acceptors (Lipinski definition) is 3. The molecule has 10 heavy (non-hydrogen) atoms. The molecule has 0 radical (unpaired) electrons. The average Bonchev–Trinajstić information content (AvgIpc) is 1.56. The van der Waals surface area contributed by atoms with Gasteiger partial charge in [-0.15, -0.1) is 0 Å². The van der Waals surface area contributed by atoms with Gasteiger partial charge in [0.15, 0.2) is 0 Å². The lowest BCUT2D eigenvalue weighted by Gasteiger charge is -2.38. The summed E-state index contributed by atoms with van der Waals surface area (Å²) in [5.41, 5.74) is 0. The van der Waals surface area contributed by atoms with E-state index in [1.54, 1.807) is 0 Å². The number of rotatable bonds is 2. The zero-order valence-corrected chi connectivity index (χ0v) is 5.84. The van der Waals surface area contributed by atoms with E-state index in [1.165, 1.54) is 0 Å². The van der Waals surface area contributed by atoms with Gasteiger partial charge < -0.3 is 9.66 Å². The maximum Gasteiger partial charge on any atom is 0.321 e. The maximum atomic E-state index is 10.2. The van der Waals surface area contributed by atoms with Crippen LogP contribution in [0.3, 0.4) is 0 Å². The van der Waals surface area contributed by atoms with Crippen molar-refractivity contribution in [3.05, 3.63) is 0 Å². The third kappa shape index (κ3) is 1.18. The third-order valence-corrected chi connectivity index (χ3v) is 2.27. The summed E-state index contributed by atoms with van der Waals surface area (Å²) in [5, 5.41) is 8.34. The molecule has 0 saturated carbocycles. The third-order valence-electron chi connectivity index (χ3n) is 1.45. The van der Waals surface area contributed by atoms with Gasteiger partial charge in [-0.2, -0.15) is 0 Å². The van der Waals surface area contributed by atoms with Gasteiger partial charge in [-0.25, -0.2) is 4.31 Å². The quantitative estimate of drug-likeness (QED) is 0.527. The Kier molecular flexibility index (Phi) is 2.02. The Balaban J connectivity index is 2.51. The van der Waals surface area contributed by atoms with Crippen molar-refractivity contribution in [3.8, 4) is 0 Å². The monoisotopic (exact) mass is 164 g/mol. The lowest BCUT2D eigenvalue weighted by molar-refractivity contribution is -0.144. The Morgan fingerprint density at radius 2 is 2.40 bits per heavy atom. The summed E-state index contributed by atoms with van der Waals surface area (Å²) in [6.45, 7) is 0.326. The van der Waals surface area contributed by atoms with E-state index in [1.807, 2.05) is 0 Å². The highest BCUT2D eigenvalue weighted by molar-refractivity contribution is 7.76. The molecule has 1 fully saturated rings. The smallest absolute Gasteiger partial charge is 0.321 e. The van der Waals surface area contributed by atoms with Gasteiger partial charge in [0.25, 0.3) is 0 Å². The molecule has 2 unspecified atom stereocenters. The van der Waals surface area contributed by atoms with Gasteiger partial charge in [0.2, 0.25) is 0 Å². The zero-order chi connectivity index (χ0) is 7.72. The zero-order valence-electron chi connectivity index (χ0n) is 5.02. The summed E-state index contributed by atoms with van der Waals surface area (Å²) in [5.74, 6) is -1.07. The van der Waals surface area contributed by atoms with E-state index in [0.29, 0.717) is 13.0 Å². The molecular weight excluding hydrogens is 158 g/mol. The Morgan fingerprint density at radius 3 is 2.50 bits per heavy atom. The number of nitrogens with zero attached hydrogens (tertiary/aromatic N) is 1. The summed E-state index contributed by atoms with van der Waals surface area (Å²) in [6, 6.07) is -0.821. The van der Waals surface area contributed by atoms with Crippen LogP contribution in [0.15, 0.2) is 0 Å². The number of aliphatic carboxylic acids is 1. The van der Waals surface area contributed by atoms with Crippen LogP contribution < -0.4 is 0 Å². The van der Waals surface area contributed by atoms with Gasteiger partial charge in [0.05, 0.1) is 0 Å². The van der Waals surface area contributed by atoms with E-state index < -0.39 is 23.3 Å². The van der Waals surface area contributed by atoms with E-state index in [0.717, 1.165) is 4.31 Å². The molecule has 58 valence electrons. The van der Waals surface area contributed by atoms with Gasteiger partial charge in [-0.05, 0) is 6.42 Å². The molecular formula is C4H6NO4S-. The molecule has 1 heterocycles. The van der Waals surface area contributed by atoms with Crippen molar-refractivity contribution in [1.82, 2.24) is 4.31 Å². The SMILES string of the molecule is O=C(O)C1CCN1S(=O)[O-]. The fourth-order valence-corrected chi connectivity index (χ4v) is 1.45. The summed E-state index contributed by atoms with van der Waals surface area (Å²) in [6.07, 6.45) is 0.420. The van der Waals surface area contributed by atoms with Crippen molar-refractivity contribution in [3.63, 3.8) is 0 Å². The van der Waals surface area contributed by atoms with Gasteiger partial charge >= 0.3 is 5.97 Å². The van der Waals surface area contributed by atoms with Crippen molar-refractivity contribution < 1.29 is 18.7 Å². The number of carbonyl (C=O) groups is 1. The van der Waals surface area contributed by atoms with E-state index in [4.69, 9.17) is 5.11 Å². The maximum absolute atomic E-state index is 10.2. The number of hydrogen-bond donors (Lipinski definition) is 1. The molecule has 1 saturated heterocycles. The topological polar surface area (TPSA) is 80.7 Å². The van der Waals surface area contributed by atoms with Crippen molar-refractivity contribution in [2.24, 2.45) is 0 Å². The van der Waals surface area contributed by atoms with Crippen LogP contribution in [0.25, 0.3) is 0 Å². The van der Waals surface area contributed by atoms with Crippen LogP contribution in [0.4, 0.5) is 0 Å². The highest BCUT2D eigenvalue weighted by atomic mass is 32.2. The first kappa shape index (κ1) is 7.64. The van der Waals surface area contributed by atoms with Crippen LogP contribution in [0.1, 0.15) is 6.42 Å².